The lowest BCUT2D eigenvalue weighted by Crippen LogP contribution is -2.38. The molecule has 2 rings (SSSR count). The molecule has 1 aromatic carbocycles. The van der Waals surface area contributed by atoms with Gasteiger partial charge in [-0.2, -0.15) is 0 Å². The minimum absolute atomic E-state index is 0.284. The third-order valence-electron chi connectivity index (χ3n) is 4.07. The summed E-state index contributed by atoms with van der Waals surface area (Å²) in [7, 11) is 4.09. The van der Waals surface area contributed by atoms with Gasteiger partial charge in [-0.3, -0.25) is 0 Å². The van der Waals surface area contributed by atoms with Crippen LogP contribution in [0.25, 0.3) is 0 Å². The topological polar surface area (TPSA) is 58.1 Å². The summed E-state index contributed by atoms with van der Waals surface area (Å²) in [5.41, 5.74) is 2.40. The Bertz CT molecular complexity index is 511. The molecule has 1 aliphatic rings. The molecule has 25 heavy (non-hydrogen) atoms. The molecular weight excluding hydrogens is 316 g/mol. The van der Waals surface area contributed by atoms with Crippen molar-refractivity contribution in [3.63, 3.8) is 0 Å². The van der Waals surface area contributed by atoms with E-state index in [1.807, 2.05) is 14.1 Å². The van der Waals surface area contributed by atoms with Gasteiger partial charge in [0.15, 0.2) is 5.96 Å². The number of rotatable bonds is 9. The monoisotopic (exact) mass is 348 g/mol. The molecule has 6 heteroatoms. The van der Waals surface area contributed by atoms with Gasteiger partial charge >= 0.3 is 0 Å². The molecule has 0 spiro atoms. The Labute approximate surface area is 151 Å². The van der Waals surface area contributed by atoms with Gasteiger partial charge in [-0.05, 0) is 37.5 Å². The Morgan fingerprint density at radius 1 is 1.28 bits per heavy atom. The Morgan fingerprint density at radius 2 is 2.08 bits per heavy atom. The summed E-state index contributed by atoms with van der Waals surface area (Å²) < 4.78 is 11.1. The van der Waals surface area contributed by atoms with Crippen LogP contribution in [-0.4, -0.2) is 59.1 Å². The normalized spacial score (nSPS) is 17.6. The molecule has 2 N–H and O–H groups in total. The highest BCUT2D eigenvalue weighted by atomic mass is 16.5. The summed E-state index contributed by atoms with van der Waals surface area (Å²) >= 11 is 0. The van der Waals surface area contributed by atoms with E-state index in [2.05, 4.69) is 51.7 Å². The Morgan fingerprint density at radius 3 is 2.72 bits per heavy atom. The number of aliphatic imine (C=N–C) groups is 1. The van der Waals surface area contributed by atoms with Gasteiger partial charge in [0.1, 0.15) is 0 Å². The summed E-state index contributed by atoms with van der Waals surface area (Å²) in [4.78, 5) is 6.75. The van der Waals surface area contributed by atoms with Crippen LogP contribution in [0.2, 0.25) is 0 Å². The van der Waals surface area contributed by atoms with Gasteiger partial charge in [-0.25, -0.2) is 4.99 Å². The van der Waals surface area contributed by atoms with E-state index >= 15 is 0 Å². The lowest BCUT2D eigenvalue weighted by Gasteiger charge is -2.14. The van der Waals surface area contributed by atoms with Crippen LogP contribution in [-0.2, 0) is 16.0 Å². The van der Waals surface area contributed by atoms with Crippen molar-refractivity contribution >= 4 is 11.6 Å². The molecule has 0 radical (unpaired) electrons. The largest absolute Gasteiger partial charge is 0.379 e. The average molecular weight is 348 g/mol. The number of anilines is 1. The van der Waals surface area contributed by atoms with E-state index in [9.17, 15) is 0 Å². The molecule has 0 amide bonds. The van der Waals surface area contributed by atoms with Gasteiger partial charge < -0.3 is 25.0 Å². The highest BCUT2D eigenvalue weighted by molar-refractivity contribution is 5.79. The lowest BCUT2D eigenvalue weighted by atomic mass is 10.2. The summed E-state index contributed by atoms with van der Waals surface area (Å²) in [5.74, 6) is 0.850. The van der Waals surface area contributed by atoms with Gasteiger partial charge in [-0.15, -0.1) is 0 Å². The van der Waals surface area contributed by atoms with Crippen LogP contribution in [0.15, 0.2) is 29.3 Å². The zero-order valence-electron chi connectivity index (χ0n) is 15.8. The number of nitrogens with one attached hydrogen (secondary N) is 2. The molecule has 1 fully saturated rings. The second-order valence-corrected chi connectivity index (χ2v) is 6.39. The number of hydrogen-bond acceptors (Lipinski definition) is 4. The van der Waals surface area contributed by atoms with Crippen molar-refractivity contribution in [2.75, 3.05) is 51.9 Å². The molecule has 1 heterocycles. The lowest BCUT2D eigenvalue weighted by molar-refractivity contribution is 0.0420. The summed E-state index contributed by atoms with van der Waals surface area (Å²) in [6.45, 7) is 6.76. The van der Waals surface area contributed by atoms with Crippen LogP contribution in [0.3, 0.4) is 0 Å². The first-order chi connectivity index (χ1) is 12.2. The van der Waals surface area contributed by atoms with E-state index in [-0.39, 0.29) is 6.10 Å². The van der Waals surface area contributed by atoms with E-state index in [1.165, 1.54) is 11.3 Å². The van der Waals surface area contributed by atoms with E-state index in [4.69, 9.17) is 9.47 Å². The Balaban J connectivity index is 1.71. The third kappa shape index (κ3) is 7.32. The molecule has 0 aromatic heterocycles. The van der Waals surface area contributed by atoms with Crippen molar-refractivity contribution in [2.45, 2.75) is 32.4 Å². The Kier molecular flexibility index (Phi) is 8.55. The minimum atomic E-state index is 0.284. The second-order valence-electron chi connectivity index (χ2n) is 6.39. The quantitative estimate of drug-likeness (QED) is 0.406. The molecule has 0 aliphatic carbocycles. The van der Waals surface area contributed by atoms with E-state index in [1.54, 1.807) is 0 Å². The van der Waals surface area contributed by atoms with Crippen LogP contribution >= 0.6 is 0 Å². The highest BCUT2D eigenvalue weighted by Crippen LogP contribution is 2.12. The minimum Gasteiger partial charge on any atom is -0.379 e. The van der Waals surface area contributed by atoms with Crippen molar-refractivity contribution in [1.82, 2.24) is 10.6 Å². The molecule has 0 saturated carbocycles. The highest BCUT2D eigenvalue weighted by Gasteiger charge is 2.15. The zero-order chi connectivity index (χ0) is 17.9. The van der Waals surface area contributed by atoms with Crippen LogP contribution in [0, 0.1) is 0 Å². The SMILES string of the molecule is CCNC(=NCc1ccc(N(C)C)cc1)NCCCOC1CCOC1. The number of guanidine groups is 1. The van der Waals surface area contributed by atoms with Gasteiger partial charge in [0.25, 0.3) is 0 Å². The van der Waals surface area contributed by atoms with Crippen LogP contribution in [0.4, 0.5) is 5.69 Å². The first kappa shape index (κ1) is 19.5. The van der Waals surface area contributed by atoms with Gasteiger partial charge in [0, 0.05) is 46.1 Å². The van der Waals surface area contributed by atoms with Crippen molar-refractivity contribution in [3.8, 4) is 0 Å². The molecule has 0 bridgehead atoms. The fraction of sp³-hybridized carbons (Fsp3) is 0.632. The standard InChI is InChI=1S/C19H32N4O2/c1-4-20-19(21-11-5-12-25-18-10-13-24-15-18)22-14-16-6-8-17(9-7-16)23(2)3/h6-9,18H,4-5,10-15H2,1-3H3,(H2,20,21,22). The van der Waals surface area contributed by atoms with Crippen molar-refractivity contribution in [3.05, 3.63) is 29.8 Å². The van der Waals surface area contributed by atoms with Gasteiger partial charge in [0.05, 0.1) is 19.3 Å². The zero-order valence-corrected chi connectivity index (χ0v) is 15.8. The number of hydrogen-bond donors (Lipinski definition) is 2. The van der Waals surface area contributed by atoms with Crippen LogP contribution in [0.5, 0.6) is 0 Å². The molecule has 1 aromatic rings. The smallest absolute Gasteiger partial charge is 0.191 e. The van der Waals surface area contributed by atoms with Gasteiger partial charge in [0.2, 0.25) is 0 Å². The Hall–Kier alpha value is -1.79. The number of nitrogens with zero attached hydrogens (tertiary/aromatic N) is 2. The van der Waals surface area contributed by atoms with Crippen LogP contribution < -0.4 is 15.5 Å². The van der Waals surface area contributed by atoms with E-state index < -0.39 is 0 Å². The van der Waals surface area contributed by atoms with Crippen molar-refractivity contribution in [1.29, 1.82) is 0 Å². The van der Waals surface area contributed by atoms with Crippen molar-refractivity contribution in [2.24, 2.45) is 4.99 Å². The third-order valence-corrected chi connectivity index (χ3v) is 4.07. The second kappa shape index (κ2) is 10.9. The van der Waals surface area contributed by atoms with E-state index in [0.717, 1.165) is 51.7 Å². The number of ether oxygens (including phenoxy) is 2. The molecule has 1 atom stereocenters. The van der Waals surface area contributed by atoms with E-state index in [0.29, 0.717) is 6.54 Å². The first-order valence-electron chi connectivity index (χ1n) is 9.17. The summed E-state index contributed by atoms with van der Waals surface area (Å²) in [6, 6.07) is 8.49. The van der Waals surface area contributed by atoms with Gasteiger partial charge in [-0.1, -0.05) is 12.1 Å². The fourth-order valence-corrected chi connectivity index (χ4v) is 2.58. The molecular formula is C19H32N4O2. The average Bonchev–Trinajstić information content (AvgIpc) is 3.13. The molecule has 1 aliphatic heterocycles. The predicted octanol–water partition coefficient (Wildman–Crippen LogP) is 2.00. The summed E-state index contributed by atoms with van der Waals surface area (Å²) in [6.07, 6.45) is 2.26. The fourth-order valence-electron chi connectivity index (χ4n) is 2.58. The molecule has 1 saturated heterocycles. The number of benzene rings is 1. The molecule has 6 nitrogen and oxygen atoms in total. The summed E-state index contributed by atoms with van der Waals surface area (Å²) in [5, 5.41) is 6.65. The maximum absolute atomic E-state index is 5.78. The van der Waals surface area contributed by atoms with Crippen molar-refractivity contribution < 1.29 is 9.47 Å². The maximum atomic E-state index is 5.78. The molecule has 1 unspecified atom stereocenters. The van der Waals surface area contributed by atoms with Crippen LogP contribution in [0.1, 0.15) is 25.3 Å². The maximum Gasteiger partial charge on any atom is 0.191 e. The predicted molar refractivity (Wildman–Crippen MR) is 103 cm³/mol. The first-order valence-corrected chi connectivity index (χ1v) is 9.17. The molecule has 140 valence electrons.